The SMILES string of the molecule is CC(C)C(O)C(=O)N[C@H]1C[C@@H](C)C[C@H](c2ccc(C#N)c3nccnc23)C1. The fourth-order valence-corrected chi connectivity index (χ4v) is 4.06. The molecule has 142 valence electrons. The quantitative estimate of drug-likeness (QED) is 0.867. The molecule has 0 saturated heterocycles. The lowest BCUT2D eigenvalue weighted by Crippen LogP contribution is -2.46. The molecule has 1 amide bonds. The van der Waals surface area contributed by atoms with Crippen LogP contribution in [0.15, 0.2) is 24.5 Å². The Morgan fingerprint density at radius 2 is 1.93 bits per heavy atom. The van der Waals surface area contributed by atoms with Crippen LogP contribution in [0.2, 0.25) is 0 Å². The van der Waals surface area contributed by atoms with Gasteiger partial charge in [-0.25, -0.2) is 0 Å². The van der Waals surface area contributed by atoms with Gasteiger partial charge in [-0.2, -0.15) is 5.26 Å². The minimum atomic E-state index is -0.984. The molecule has 1 aromatic carbocycles. The van der Waals surface area contributed by atoms with Gasteiger partial charge >= 0.3 is 0 Å². The molecule has 1 unspecified atom stereocenters. The van der Waals surface area contributed by atoms with Gasteiger partial charge in [0.1, 0.15) is 17.7 Å². The van der Waals surface area contributed by atoms with Crippen LogP contribution in [-0.4, -0.2) is 33.1 Å². The predicted octanol–water partition coefficient (Wildman–Crippen LogP) is 2.91. The van der Waals surface area contributed by atoms with Crippen molar-refractivity contribution in [2.24, 2.45) is 11.8 Å². The summed E-state index contributed by atoms with van der Waals surface area (Å²) in [5.74, 6) is 0.252. The number of benzene rings is 1. The molecule has 0 spiro atoms. The van der Waals surface area contributed by atoms with Gasteiger partial charge in [0.15, 0.2) is 0 Å². The molecular weight excluding hydrogens is 340 g/mol. The first kappa shape index (κ1) is 19.2. The number of nitrogens with zero attached hydrogens (tertiary/aromatic N) is 3. The fourth-order valence-electron chi connectivity index (χ4n) is 4.06. The van der Waals surface area contributed by atoms with Crippen LogP contribution in [0.1, 0.15) is 57.1 Å². The lowest BCUT2D eigenvalue weighted by atomic mass is 9.75. The van der Waals surface area contributed by atoms with Crippen molar-refractivity contribution in [3.05, 3.63) is 35.7 Å². The van der Waals surface area contributed by atoms with Gasteiger partial charge in [0.2, 0.25) is 5.91 Å². The minimum absolute atomic E-state index is 0.0158. The molecule has 1 aliphatic rings. The Labute approximate surface area is 159 Å². The lowest BCUT2D eigenvalue weighted by molar-refractivity contribution is -0.132. The van der Waals surface area contributed by atoms with Gasteiger partial charge < -0.3 is 10.4 Å². The summed E-state index contributed by atoms with van der Waals surface area (Å²) in [4.78, 5) is 21.1. The van der Waals surface area contributed by atoms with E-state index in [2.05, 4.69) is 28.3 Å². The molecule has 4 atom stereocenters. The van der Waals surface area contributed by atoms with Crippen molar-refractivity contribution < 1.29 is 9.90 Å². The number of nitriles is 1. The Morgan fingerprint density at radius 3 is 2.59 bits per heavy atom. The number of aliphatic hydroxyl groups is 1. The molecule has 0 radical (unpaired) electrons. The van der Waals surface area contributed by atoms with Crippen molar-refractivity contribution in [3.8, 4) is 6.07 Å². The van der Waals surface area contributed by atoms with Gasteiger partial charge in [-0.3, -0.25) is 14.8 Å². The summed E-state index contributed by atoms with van der Waals surface area (Å²) in [6.45, 7) is 5.85. The van der Waals surface area contributed by atoms with Crippen LogP contribution in [-0.2, 0) is 4.79 Å². The van der Waals surface area contributed by atoms with Crippen LogP contribution in [0.3, 0.4) is 0 Å². The predicted molar refractivity (Wildman–Crippen MR) is 103 cm³/mol. The van der Waals surface area contributed by atoms with E-state index < -0.39 is 6.10 Å². The van der Waals surface area contributed by atoms with E-state index in [0.717, 1.165) is 30.3 Å². The molecule has 6 heteroatoms. The smallest absolute Gasteiger partial charge is 0.249 e. The maximum absolute atomic E-state index is 12.3. The van der Waals surface area contributed by atoms with E-state index in [1.165, 1.54) is 0 Å². The van der Waals surface area contributed by atoms with Gasteiger partial charge in [-0.15, -0.1) is 0 Å². The lowest BCUT2D eigenvalue weighted by Gasteiger charge is -2.35. The van der Waals surface area contributed by atoms with Crippen molar-refractivity contribution in [3.63, 3.8) is 0 Å². The maximum atomic E-state index is 12.3. The minimum Gasteiger partial charge on any atom is -0.383 e. The number of carbonyl (C=O) groups is 1. The zero-order valence-corrected chi connectivity index (χ0v) is 16.0. The van der Waals surface area contributed by atoms with E-state index >= 15 is 0 Å². The van der Waals surface area contributed by atoms with E-state index in [1.54, 1.807) is 12.4 Å². The maximum Gasteiger partial charge on any atom is 0.249 e. The number of nitrogens with one attached hydrogen (secondary N) is 1. The van der Waals surface area contributed by atoms with E-state index in [1.807, 2.05) is 26.0 Å². The normalized spacial score (nSPS) is 23.8. The molecule has 0 bridgehead atoms. The fraction of sp³-hybridized carbons (Fsp3) is 0.524. The number of aromatic nitrogens is 2. The van der Waals surface area contributed by atoms with Crippen molar-refractivity contribution in [2.75, 3.05) is 0 Å². The van der Waals surface area contributed by atoms with Gasteiger partial charge in [-0.1, -0.05) is 26.8 Å². The van der Waals surface area contributed by atoms with Crippen LogP contribution in [0.4, 0.5) is 0 Å². The van der Waals surface area contributed by atoms with Crippen LogP contribution >= 0.6 is 0 Å². The second-order valence-corrected chi connectivity index (χ2v) is 7.97. The highest BCUT2D eigenvalue weighted by molar-refractivity contribution is 5.84. The average molecular weight is 366 g/mol. The Hall–Kier alpha value is -2.52. The van der Waals surface area contributed by atoms with Crippen molar-refractivity contribution in [2.45, 2.75) is 58.1 Å². The Bertz CT molecular complexity index is 874. The number of amides is 1. The summed E-state index contributed by atoms with van der Waals surface area (Å²) in [7, 11) is 0. The van der Waals surface area contributed by atoms with Crippen molar-refractivity contribution >= 4 is 16.9 Å². The first-order valence-corrected chi connectivity index (χ1v) is 9.52. The molecular formula is C21H26N4O2. The first-order chi connectivity index (χ1) is 12.9. The molecule has 1 aromatic heterocycles. The third-order valence-corrected chi connectivity index (χ3v) is 5.41. The van der Waals surface area contributed by atoms with Gasteiger partial charge in [0.25, 0.3) is 0 Å². The molecule has 1 aliphatic carbocycles. The monoisotopic (exact) mass is 366 g/mol. The van der Waals surface area contributed by atoms with Crippen LogP contribution < -0.4 is 5.32 Å². The topological polar surface area (TPSA) is 98.9 Å². The van der Waals surface area contributed by atoms with Crippen LogP contribution in [0.25, 0.3) is 11.0 Å². The molecule has 27 heavy (non-hydrogen) atoms. The van der Waals surface area contributed by atoms with E-state index in [0.29, 0.717) is 17.0 Å². The number of carbonyl (C=O) groups excluding carboxylic acids is 1. The summed E-state index contributed by atoms with van der Waals surface area (Å²) in [6, 6.07) is 5.97. The Kier molecular flexibility index (Phi) is 5.71. The number of fused-ring (bicyclic) bond motifs is 1. The number of hydrogen-bond donors (Lipinski definition) is 2. The van der Waals surface area contributed by atoms with E-state index in [-0.39, 0.29) is 23.8 Å². The highest BCUT2D eigenvalue weighted by Gasteiger charge is 2.31. The second-order valence-electron chi connectivity index (χ2n) is 7.97. The van der Waals surface area contributed by atoms with Crippen LogP contribution in [0.5, 0.6) is 0 Å². The standard InChI is InChI=1S/C21H26N4O2/c1-12(2)20(26)21(27)25-16-9-13(3)8-15(10-16)17-5-4-14(11-22)18-19(17)24-7-6-23-18/h4-7,12-13,15-16,20,26H,8-10H2,1-3H3,(H,25,27)/t13-,15-,16-,20?/m0/s1. The van der Waals surface area contributed by atoms with Gasteiger partial charge in [0, 0.05) is 18.4 Å². The zero-order chi connectivity index (χ0) is 19.6. The second kappa shape index (κ2) is 8.01. The van der Waals surface area contributed by atoms with Crippen molar-refractivity contribution in [1.29, 1.82) is 5.26 Å². The molecule has 1 heterocycles. The summed E-state index contributed by atoms with van der Waals surface area (Å²) < 4.78 is 0. The highest BCUT2D eigenvalue weighted by Crippen LogP contribution is 2.38. The van der Waals surface area contributed by atoms with Crippen molar-refractivity contribution in [1.82, 2.24) is 15.3 Å². The zero-order valence-electron chi connectivity index (χ0n) is 16.0. The summed E-state index contributed by atoms with van der Waals surface area (Å²) in [5.41, 5.74) is 3.00. The summed E-state index contributed by atoms with van der Waals surface area (Å²) >= 11 is 0. The molecule has 0 aliphatic heterocycles. The molecule has 2 N–H and O–H groups in total. The molecule has 1 saturated carbocycles. The number of aliphatic hydroxyl groups excluding tert-OH is 1. The Balaban J connectivity index is 1.86. The first-order valence-electron chi connectivity index (χ1n) is 9.52. The molecule has 1 fully saturated rings. The molecule has 2 aromatic rings. The Morgan fingerprint density at radius 1 is 1.22 bits per heavy atom. The van der Waals surface area contributed by atoms with E-state index in [4.69, 9.17) is 0 Å². The average Bonchev–Trinajstić information content (AvgIpc) is 2.65. The van der Waals surface area contributed by atoms with E-state index in [9.17, 15) is 15.2 Å². The van der Waals surface area contributed by atoms with Crippen LogP contribution in [0, 0.1) is 23.2 Å². The largest absolute Gasteiger partial charge is 0.383 e. The third-order valence-electron chi connectivity index (χ3n) is 5.41. The summed E-state index contributed by atoms with van der Waals surface area (Å²) in [6.07, 6.45) is 4.95. The molecule has 3 rings (SSSR count). The molecule has 6 nitrogen and oxygen atoms in total. The van der Waals surface area contributed by atoms with Gasteiger partial charge in [-0.05, 0) is 48.6 Å². The van der Waals surface area contributed by atoms with Gasteiger partial charge in [0.05, 0.1) is 11.1 Å². The highest BCUT2D eigenvalue weighted by atomic mass is 16.3. The number of rotatable bonds is 4. The third kappa shape index (κ3) is 4.09. The summed E-state index contributed by atoms with van der Waals surface area (Å²) in [5, 5.41) is 22.4. The number of hydrogen-bond acceptors (Lipinski definition) is 5.